The molecule has 1 amide bonds. The van der Waals surface area contributed by atoms with Gasteiger partial charge in [-0.1, -0.05) is 12.1 Å². The Hall–Kier alpha value is -3.72. The number of nitrogens with zero attached hydrogens (tertiary/aromatic N) is 6. The van der Waals surface area contributed by atoms with Crippen molar-refractivity contribution in [2.45, 2.75) is 37.3 Å². The maximum Gasteiger partial charge on any atom is 0.242 e. The summed E-state index contributed by atoms with van der Waals surface area (Å²) < 4.78 is 3.83. The topological polar surface area (TPSA) is 120 Å². The number of likely N-dealkylation sites (tertiary alicyclic amines) is 1. The van der Waals surface area contributed by atoms with Gasteiger partial charge in [-0.25, -0.2) is 9.50 Å². The summed E-state index contributed by atoms with van der Waals surface area (Å²) in [4.78, 5) is 18.9. The first kappa shape index (κ1) is 19.9. The van der Waals surface area contributed by atoms with Crippen LogP contribution < -0.4 is 11.5 Å². The highest BCUT2D eigenvalue weighted by Gasteiger charge is 2.48. The molecule has 0 unspecified atom stereocenters. The zero-order chi connectivity index (χ0) is 22.6. The van der Waals surface area contributed by atoms with Gasteiger partial charge in [-0.2, -0.15) is 10.2 Å². The number of hydrogen-bond acceptors (Lipinski definition) is 6. The summed E-state index contributed by atoms with van der Waals surface area (Å²) in [5.41, 5.74) is 16.7. The van der Waals surface area contributed by atoms with Gasteiger partial charge in [0.1, 0.15) is 0 Å². The van der Waals surface area contributed by atoms with Gasteiger partial charge in [-0.05, 0) is 43.9 Å². The van der Waals surface area contributed by atoms with Crippen molar-refractivity contribution in [3.63, 3.8) is 0 Å². The lowest BCUT2D eigenvalue weighted by Gasteiger charge is -2.33. The van der Waals surface area contributed by atoms with E-state index in [1.807, 2.05) is 63.0 Å². The van der Waals surface area contributed by atoms with Crippen LogP contribution in [0.1, 0.15) is 31.7 Å². The fourth-order valence-corrected chi connectivity index (χ4v) is 4.61. The summed E-state index contributed by atoms with van der Waals surface area (Å²) in [5.74, 6) is 0.110. The maximum absolute atomic E-state index is 12.5. The average Bonchev–Trinajstić information content (AvgIpc) is 3.24. The van der Waals surface area contributed by atoms with E-state index in [9.17, 15) is 4.79 Å². The molecule has 2 aliphatic rings. The molecule has 9 nitrogen and oxygen atoms in total. The van der Waals surface area contributed by atoms with Gasteiger partial charge in [0, 0.05) is 41.7 Å². The minimum atomic E-state index is -0.586. The molecule has 4 aromatic rings. The first-order valence-electron chi connectivity index (χ1n) is 11.3. The highest BCUT2D eigenvalue weighted by molar-refractivity contribution is 5.89. The van der Waals surface area contributed by atoms with Crippen molar-refractivity contribution in [1.29, 1.82) is 0 Å². The average molecular weight is 443 g/mol. The van der Waals surface area contributed by atoms with Gasteiger partial charge in [0.05, 0.1) is 35.9 Å². The van der Waals surface area contributed by atoms with E-state index in [0.717, 1.165) is 66.8 Å². The van der Waals surface area contributed by atoms with Crippen LogP contribution in [0.15, 0.2) is 55.1 Å². The number of rotatable bonds is 4. The number of carbonyl (C=O) groups is 1. The number of hydrogen-bond donors (Lipinski definition) is 2. The number of piperidine rings is 1. The molecule has 1 aliphatic heterocycles. The Morgan fingerprint density at radius 1 is 1.00 bits per heavy atom. The number of benzene rings is 1. The van der Waals surface area contributed by atoms with Crippen molar-refractivity contribution in [3.8, 4) is 22.4 Å². The molecular formula is C24H26N8O. The maximum atomic E-state index is 12.5. The molecule has 6 rings (SSSR count). The van der Waals surface area contributed by atoms with E-state index >= 15 is 0 Å². The van der Waals surface area contributed by atoms with Gasteiger partial charge in [0.2, 0.25) is 5.91 Å². The van der Waals surface area contributed by atoms with Crippen molar-refractivity contribution in [1.82, 2.24) is 29.3 Å². The Balaban J connectivity index is 1.19. The predicted octanol–water partition coefficient (Wildman–Crippen LogP) is 2.50. The summed E-state index contributed by atoms with van der Waals surface area (Å²) >= 11 is 0. The molecule has 0 bridgehead atoms. The minimum Gasteiger partial charge on any atom is -0.399 e. The highest BCUT2D eigenvalue weighted by atomic mass is 16.2. The lowest BCUT2D eigenvalue weighted by molar-refractivity contribution is -0.134. The number of aromatic nitrogens is 5. The number of imidazole rings is 1. The minimum absolute atomic E-state index is 0.110. The molecule has 33 heavy (non-hydrogen) atoms. The van der Waals surface area contributed by atoms with Gasteiger partial charge >= 0.3 is 0 Å². The summed E-state index contributed by atoms with van der Waals surface area (Å²) in [5, 5.41) is 9.23. The molecule has 0 spiro atoms. The fourth-order valence-electron chi connectivity index (χ4n) is 4.61. The van der Waals surface area contributed by atoms with Crippen molar-refractivity contribution in [2.75, 3.05) is 18.8 Å². The summed E-state index contributed by atoms with van der Waals surface area (Å²) in [7, 11) is 0. The molecule has 4 heterocycles. The Bertz CT molecular complexity index is 1340. The molecule has 1 aliphatic carbocycles. The van der Waals surface area contributed by atoms with Crippen molar-refractivity contribution >= 4 is 17.2 Å². The van der Waals surface area contributed by atoms with Crippen LogP contribution in [0.3, 0.4) is 0 Å². The zero-order valence-electron chi connectivity index (χ0n) is 18.3. The van der Waals surface area contributed by atoms with Crippen molar-refractivity contribution in [3.05, 3.63) is 55.1 Å². The first-order valence-corrected chi connectivity index (χ1v) is 11.3. The molecular weight excluding hydrogens is 416 g/mol. The standard InChI is InChI=1S/C24H26N8O/c25-19-3-1-2-16(10-19)21-14-27-22-11-17(12-29-32(21)22)18-13-28-31(15-18)20-4-8-30(9-5-20)23(33)24(26)6-7-24/h1-3,10-15,20H,4-9,25-26H2. The van der Waals surface area contributed by atoms with Gasteiger partial charge in [-0.3, -0.25) is 9.48 Å². The van der Waals surface area contributed by atoms with Crippen LogP contribution in [0.4, 0.5) is 5.69 Å². The van der Waals surface area contributed by atoms with E-state index in [1.54, 1.807) is 0 Å². The first-order chi connectivity index (χ1) is 16.0. The number of nitrogens with two attached hydrogens (primary N) is 2. The summed E-state index contributed by atoms with van der Waals surface area (Å²) in [6, 6.07) is 9.99. The molecule has 0 atom stereocenters. The second-order valence-electron chi connectivity index (χ2n) is 9.17. The molecule has 0 radical (unpaired) electrons. The quantitative estimate of drug-likeness (QED) is 0.469. The lowest BCUT2D eigenvalue weighted by Crippen LogP contribution is -2.48. The van der Waals surface area contributed by atoms with Crippen LogP contribution in [-0.4, -0.2) is 53.8 Å². The smallest absolute Gasteiger partial charge is 0.242 e. The van der Waals surface area contributed by atoms with Gasteiger partial charge in [0.25, 0.3) is 0 Å². The molecule has 3 aromatic heterocycles. The van der Waals surface area contributed by atoms with Crippen LogP contribution >= 0.6 is 0 Å². The van der Waals surface area contributed by atoms with Gasteiger partial charge in [-0.15, -0.1) is 0 Å². The molecule has 168 valence electrons. The Morgan fingerprint density at radius 2 is 1.79 bits per heavy atom. The number of amides is 1. The van der Waals surface area contributed by atoms with Crippen molar-refractivity contribution < 1.29 is 4.79 Å². The molecule has 1 saturated carbocycles. The third-order valence-corrected chi connectivity index (χ3v) is 6.82. The number of fused-ring (bicyclic) bond motifs is 1. The van der Waals surface area contributed by atoms with Crippen LogP contribution in [0.2, 0.25) is 0 Å². The lowest BCUT2D eigenvalue weighted by atomic mass is 10.0. The van der Waals surface area contributed by atoms with E-state index in [0.29, 0.717) is 5.69 Å². The number of carbonyl (C=O) groups excluding carboxylic acids is 1. The van der Waals surface area contributed by atoms with E-state index in [4.69, 9.17) is 11.5 Å². The van der Waals surface area contributed by atoms with E-state index in [2.05, 4.69) is 21.4 Å². The Morgan fingerprint density at radius 3 is 2.55 bits per heavy atom. The van der Waals surface area contributed by atoms with E-state index in [1.165, 1.54) is 0 Å². The fraction of sp³-hybridized carbons (Fsp3) is 0.333. The SMILES string of the molecule is Nc1cccc(-c2cnc3cc(-c4cnn(C5CCN(C(=O)C6(N)CC6)CC5)c4)cnn23)c1. The highest BCUT2D eigenvalue weighted by Crippen LogP contribution is 2.36. The van der Waals surface area contributed by atoms with Gasteiger partial charge < -0.3 is 16.4 Å². The predicted molar refractivity (Wildman–Crippen MR) is 125 cm³/mol. The third kappa shape index (κ3) is 3.54. The monoisotopic (exact) mass is 442 g/mol. The second kappa shape index (κ2) is 7.41. The second-order valence-corrected chi connectivity index (χ2v) is 9.17. The summed E-state index contributed by atoms with van der Waals surface area (Å²) in [6.07, 6.45) is 11.0. The zero-order valence-corrected chi connectivity index (χ0v) is 18.3. The van der Waals surface area contributed by atoms with Crippen LogP contribution in [0.25, 0.3) is 28.0 Å². The van der Waals surface area contributed by atoms with Crippen molar-refractivity contribution in [2.24, 2.45) is 5.73 Å². The molecule has 2 fully saturated rings. The molecule has 9 heteroatoms. The summed E-state index contributed by atoms with van der Waals surface area (Å²) in [6.45, 7) is 1.46. The normalized spacial score (nSPS) is 18.0. The Kier molecular flexibility index (Phi) is 4.48. The molecule has 1 saturated heterocycles. The Labute approximate surface area is 191 Å². The molecule has 4 N–H and O–H groups in total. The van der Waals surface area contributed by atoms with E-state index in [-0.39, 0.29) is 11.9 Å². The van der Waals surface area contributed by atoms with Gasteiger partial charge in [0.15, 0.2) is 5.65 Å². The van der Waals surface area contributed by atoms with Crippen LogP contribution in [-0.2, 0) is 4.79 Å². The molecule has 1 aromatic carbocycles. The van der Waals surface area contributed by atoms with Crippen LogP contribution in [0.5, 0.6) is 0 Å². The van der Waals surface area contributed by atoms with E-state index < -0.39 is 5.54 Å². The third-order valence-electron chi connectivity index (χ3n) is 6.82. The van der Waals surface area contributed by atoms with Crippen LogP contribution in [0, 0.1) is 0 Å². The number of nitrogen functional groups attached to an aromatic ring is 1. The largest absolute Gasteiger partial charge is 0.399 e. The number of anilines is 1.